The Labute approximate surface area is 113 Å². The molecule has 88 valence electrons. The first-order valence-electron chi connectivity index (χ1n) is 4.93. The van der Waals surface area contributed by atoms with Gasteiger partial charge in [0.05, 0.1) is 12.8 Å². The second-order valence-corrected chi connectivity index (χ2v) is 4.32. The van der Waals surface area contributed by atoms with Crippen LogP contribution in [0.1, 0.15) is 0 Å². The SMILES string of the molecule is COc1ccc(-c2cn3ccsc3n2)cc1.[Br-]. The van der Waals surface area contributed by atoms with E-state index in [0.29, 0.717) is 0 Å². The van der Waals surface area contributed by atoms with Gasteiger partial charge in [0.15, 0.2) is 4.96 Å². The second-order valence-electron chi connectivity index (χ2n) is 3.45. The highest BCUT2D eigenvalue weighted by atomic mass is 79.9. The average Bonchev–Trinajstić information content (AvgIpc) is 2.89. The number of aromatic nitrogens is 2. The van der Waals surface area contributed by atoms with E-state index in [1.807, 2.05) is 46.4 Å². The summed E-state index contributed by atoms with van der Waals surface area (Å²) in [5.41, 5.74) is 2.10. The third kappa shape index (κ3) is 2.21. The molecule has 17 heavy (non-hydrogen) atoms. The molecule has 0 N–H and O–H groups in total. The van der Waals surface area contributed by atoms with Crippen LogP contribution in [-0.2, 0) is 0 Å². The fourth-order valence-corrected chi connectivity index (χ4v) is 2.33. The van der Waals surface area contributed by atoms with Gasteiger partial charge in [0.1, 0.15) is 5.75 Å². The van der Waals surface area contributed by atoms with E-state index in [9.17, 15) is 0 Å². The van der Waals surface area contributed by atoms with Crippen LogP contribution in [0.25, 0.3) is 16.2 Å². The Bertz CT molecular complexity index is 586. The Morgan fingerprint density at radius 2 is 2.00 bits per heavy atom. The molecule has 3 aromatic rings. The molecule has 0 radical (unpaired) electrons. The number of thiazole rings is 1. The largest absolute Gasteiger partial charge is 1.00 e. The van der Waals surface area contributed by atoms with Crippen LogP contribution in [0.4, 0.5) is 0 Å². The van der Waals surface area contributed by atoms with Crippen molar-refractivity contribution < 1.29 is 21.7 Å². The van der Waals surface area contributed by atoms with Crippen LogP contribution in [0, 0.1) is 0 Å². The first-order chi connectivity index (χ1) is 7.86. The summed E-state index contributed by atoms with van der Waals surface area (Å²) < 4.78 is 7.16. The molecule has 2 aromatic heterocycles. The summed E-state index contributed by atoms with van der Waals surface area (Å²) in [6.07, 6.45) is 4.05. The van der Waals surface area contributed by atoms with Crippen LogP contribution in [-0.4, -0.2) is 16.5 Å². The molecule has 0 aliphatic rings. The summed E-state index contributed by atoms with van der Waals surface area (Å²) in [5, 5.41) is 2.03. The van der Waals surface area contributed by atoms with Crippen molar-refractivity contribution >= 4 is 16.3 Å². The van der Waals surface area contributed by atoms with Crippen molar-refractivity contribution in [1.82, 2.24) is 9.38 Å². The number of hydrogen-bond donors (Lipinski definition) is 0. The molecule has 0 bridgehead atoms. The molecule has 3 rings (SSSR count). The average molecular weight is 310 g/mol. The zero-order valence-electron chi connectivity index (χ0n) is 9.13. The maximum absolute atomic E-state index is 5.13. The molecule has 2 heterocycles. The highest BCUT2D eigenvalue weighted by Gasteiger charge is 2.04. The van der Waals surface area contributed by atoms with Gasteiger partial charge in [0.25, 0.3) is 0 Å². The van der Waals surface area contributed by atoms with Gasteiger partial charge in [-0.25, -0.2) is 4.98 Å². The fraction of sp³-hybridized carbons (Fsp3) is 0.0833. The van der Waals surface area contributed by atoms with Crippen LogP contribution in [0.3, 0.4) is 0 Å². The van der Waals surface area contributed by atoms with Crippen molar-refractivity contribution in [2.75, 3.05) is 7.11 Å². The standard InChI is InChI=1S/C12H10N2OS.BrH/c1-15-10-4-2-9(3-5-10)11-8-14-6-7-16-12(14)13-11;/h2-8H,1H3;1H/p-1. The van der Waals surface area contributed by atoms with Gasteiger partial charge in [0, 0.05) is 23.3 Å². The number of ether oxygens (including phenoxy) is 1. The van der Waals surface area contributed by atoms with E-state index in [1.54, 1.807) is 18.4 Å². The van der Waals surface area contributed by atoms with Crippen molar-refractivity contribution in [3.05, 3.63) is 42.0 Å². The summed E-state index contributed by atoms with van der Waals surface area (Å²) in [7, 11) is 1.67. The minimum Gasteiger partial charge on any atom is -1.00 e. The number of benzene rings is 1. The lowest BCUT2D eigenvalue weighted by Crippen LogP contribution is -3.00. The molecule has 0 atom stereocenters. The summed E-state index contributed by atoms with van der Waals surface area (Å²) >= 11 is 1.64. The Morgan fingerprint density at radius 3 is 2.65 bits per heavy atom. The van der Waals surface area contributed by atoms with Crippen LogP contribution in [0.5, 0.6) is 5.75 Å². The van der Waals surface area contributed by atoms with E-state index in [2.05, 4.69) is 4.98 Å². The third-order valence-electron chi connectivity index (χ3n) is 2.48. The molecular weight excluding hydrogens is 300 g/mol. The van der Waals surface area contributed by atoms with Gasteiger partial charge in [-0.2, -0.15) is 0 Å². The Balaban J connectivity index is 0.00000108. The predicted molar refractivity (Wildman–Crippen MR) is 65.1 cm³/mol. The molecule has 1 aromatic carbocycles. The molecule has 0 aliphatic heterocycles. The molecule has 5 heteroatoms. The van der Waals surface area contributed by atoms with E-state index < -0.39 is 0 Å². The molecule has 0 amide bonds. The lowest BCUT2D eigenvalue weighted by atomic mass is 10.2. The van der Waals surface area contributed by atoms with E-state index in [-0.39, 0.29) is 17.0 Å². The number of methoxy groups -OCH3 is 1. The molecular formula is C12H10BrN2OS-. The van der Waals surface area contributed by atoms with Crippen molar-refractivity contribution in [3.8, 4) is 17.0 Å². The van der Waals surface area contributed by atoms with Crippen LogP contribution in [0.15, 0.2) is 42.0 Å². The van der Waals surface area contributed by atoms with Crippen LogP contribution >= 0.6 is 11.3 Å². The molecule has 0 aliphatic carbocycles. The van der Waals surface area contributed by atoms with Crippen LogP contribution in [0.2, 0.25) is 0 Å². The number of nitrogens with zero attached hydrogens (tertiary/aromatic N) is 2. The third-order valence-corrected chi connectivity index (χ3v) is 3.25. The van der Waals surface area contributed by atoms with Gasteiger partial charge in [0.2, 0.25) is 0 Å². The van der Waals surface area contributed by atoms with E-state index >= 15 is 0 Å². The quantitative estimate of drug-likeness (QED) is 0.670. The molecule has 0 unspecified atom stereocenters. The van der Waals surface area contributed by atoms with Gasteiger partial charge in [-0.1, -0.05) is 0 Å². The maximum Gasteiger partial charge on any atom is 0.194 e. The minimum absolute atomic E-state index is 0. The van der Waals surface area contributed by atoms with E-state index in [0.717, 1.165) is 22.0 Å². The molecule has 0 spiro atoms. The monoisotopic (exact) mass is 309 g/mol. The molecule has 0 saturated carbocycles. The highest BCUT2D eigenvalue weighted by Crippen LogP contribution is 2.23. The smallest absolute Gasteiger partial charge is 0.194 e. The maximum atomic E-state index is 5.13. The van der Waals surface area contributed by atoms with E-state index in [4.69, 9.17) is 4.74 Å². The van der Waals surface area contributed by atoms with Crippen molar-refractivity contribution in [2.45, 2.75) is 0 Å². The normalized spacial score (nSPS) is 10.2. The van der Waals surface area contributed by atoms with Gasteiger partial charge in [-0.15, -0.1) is 11.3 Å². The van der Waals surface area contributed by atoms with Gasteiger partial charge < -0.3 is 21.7 Å². The van der Waals surface area contributed by atoms with Gasteiger partial charge in [-0.3, -0.25) is 4.40 Å². The second kappa shape index (κ2) is 4.89. The molecule has 0 fully saturated rings. The number of hydrogen-bond acceptors (Lipinski definition) is 3. The number of imidazole rings is 1. The highest BCUT2D eigenvalue weighted by molar-refractivity contribution is 7.15. The first kappa shape index (κ1) is 12.1. The first-order valence-corrected chi connectivity index (χ1v) is 5.81. The summed E-state index contributed by atoms with van der Waals surface area (Å²) in [6.45, 7) is 0. The molecule has 0 saturated heterocycles. The van der Waals surface area contributed by atoms with Gasteiger partial charge in [-0.05, 0) is 24.3 Å². The van der Waals surface area contributed by atoms with E-state index in [1.165, 1.54) is 0 Å². The predicted octanol–water partition coefficient (Wildman–Crippen LogP) is 0.0754. The number of fused-ring (bicyclic) bond motifs is 1. The Morgan fingerprint density at radius 1 is 1.24 bits per heavy atom. The summed E-state index contributed by atoms with van der Waals surface area (Å²) in [6, 6.07) is 7.93. The van der Waals surface area contributed by atoms with Crippen molar-refractivity contribution in [1.29, 1.82) is 0 Å². The zero-order chi connectivity index (χ0) is 11.0. The Kier molecular flexibility index (Phi) is 3.49. The molecule has 3 nitrogen and oxygen atoms in total. The topological polar surface area (TPSA) is 26.5 Å². The fourth-order valence-electron chi connectivity index (χ4n) is 1.63. The summed E-state index contributed by atoms with van der Waals surface area (Å²) in [5.74, 6) is 0.866. The summed E-state index contributed by atoms with van der Waals surface area (Å²) in [4.78, 5) is 5.56. The number of halogens is 1. The van der Waals surface area contributed by atoms with Crippen LogP contribution < -0.4 is 21.7 Å². The lowest BCUT2D eigenvalue weighted by Gasteiger charge is -1.99. The van der Waals surface area contributed by atoms with Crippen molar-refractivity contribution in [3.63, 3.8) is 0 Å². The lowest BCUT2D eigenvalue weighted by molar-refractivity contribution is -0.00000348. The van der Waals surface area contributed by atoms with Crippen molar-refractivity contribution in [2.24, 2.45) is 0 Å². The zero-order valence-corrected chi connectivity index (χ0v) is 11.5. The number of rotatable bonds is 2. The minimum atomic E-state index is 0. The van der Waals surface area contributed by atoms with Gasteiger partial charge >= 0.3 is 0 Å². The Hall–Kier alpha value is -1.33.